The molecule has 0 unspecified atom stereocenters. The molecule has 0 spiro atoms. The van der Waals surface area contributed by atoms with E-state index in [4.69, 9.17) is 0 Å². The fourth-order valence-electron chi connectivity index (χ4n) is 7.04. The van der Waals surface area contributed by atoms with E-state index < -0.39 is 47.6 Å². The lowest BCUT2D eigenvalue weighted by atomic mass is 9.86. The second-order valence-electron chi connectivity index (χ2n) is 15.9. The van der Waals surface area contributed by atoms with Crippen molar-refractivity contribution in [1.82, 2.24) is 46.0 Å². The van der Waals surface area contributed by atoms with Gasteiger partial charge in [0.2, 0.25) is 5.91 Å². The Hall–Kier alpha value is -5.93. The number of rotatable bonds is 18. The molecule has 0 bridgehead atoms. The zero-order valence-electron chi connectivity index (χ0n) is 33.8. The fourth-order valence-corrected chi connectivity index (χ4v) is 7.04. The second kappa shape index (κ2) is 20.0. The van der Waals surface area contributed by atoms with Crippen LogP contribution in [0.3, 0.4) is 0 Å². The molecule has 5 amide bonds. The van der Waals surface area contributed by atoms with Gasteiger partial charge in [0, 0.05) is 50.7 Å². The van der Waals surface area contributed by atoms with Gasteiger partial charge >= 0.3 is 12.1 Å². The Morgan fingerprint density at radius 1 is 0.862 bits per heavy atom. The number of benzene rings is 2. The maximum atomic E-state index is 14.4. The first-order valence-corrected chi connectivity index (χ1v) is 19.6. The molecule has 5 atom stereocenters. The number of urea groups is 1. The number of nitrogens with one attached hydrogen (secondary N) is 3. The van der Waals surface area contributed by atoms with Crippen LogP contribution in [0, 0.1) is 11.3 Å². The monoisotopic (exact) mass is 793 g/mol. The molecule has 58 heavy (non-hydrogen) atoms. The van der Waals surface area contributed by atoms with Crippen LogP contribution in [-0.4, -0.2) is 108 Å². The van der Waals surface area contributed by atoms with E-state index in [-0.39, 0.29) is 31.5 Å². The molecule has 308 valence electrons. The summed E-state index contributed by atoms with van der Waals surface area (Å²) in [7, 11) is 0. The summed E-state index contributed by atoms with van der Waals surface area (Å²) in [5.74, 6) is -1.21. The van der Waals surface area contributed by atoms with Crippen LogP contribution in [-0.2, 0) is 29.1 Å². The molecule has 4 aromatic rings. The second-order valence-corrected chi connectivity index (χ2v) is 15.9. The van der Waals surface area contributed by atoms with Crippen molar-refractivity contribution in [2.24, 2.45) is 11.3 Å². The van der Waals surface area contributed by atoms with Gasteiger partial charge in [0.25, 0.3) is 5.91 Å². The molecule has 1 fully saturated rings. The molecule has 1 aliphatic heterocycles. The molecule has 15 heteroatoms. The number of carbonyl (C=O) groups excluding carboxylic acids is 3. The van der Waals surface area contributed by atoms with Gasteiger partial charge < -0.3 is 30.6 Å². The predicted octanol–water partition coefficient (Wildman–Crippen LogP) is 4.50. The predicted molar refractivity (Wildman–Crippen MR) is 218 cm³/mol. The van der Waals surface area contributed by atoms with E-state index in [1.807, 2.05) is 86.6 Å². The van der Waals surface area contributed by atoms with Crippen molar-refractivity contribution in [3.63, 3.8) is 0 Å². The van der Waals surface area contributed by atoms with Crippen molar-refractivity contribution in [3.05, 3.63) is 114 Å². The van der Waals surface area contributed by atoms with Gasteiger partial charge in [-0.2, -0.15) is 10.2 Å². The number of hydrazine groups is 1. The molecule has 2 aromatic heterocycles. The Bertz CT molecular complexity index is 1950. The SMILES string of the molecule is CC[C@H](C)[C@@H](C(=O)N[C@@H](Cc1ccccc1)[C@@H](O)CN(Cc1ccc(-c2ccccn2)cc1)NC(=O)[C@@H](NC(=O)O)C(C)(C)C)N1CCN(Cc2ccnnc2)C1=O. The van der Waals surface area contributed by atoms with E-state index >= 15 is 0 Å². The summed E-state index contributed by atoms with van der Waals surface area (Å²) < 4.78 is 0. The van der Waals surface area contributed by atoms with E-state index in [1.54, 1.807) is 55.2 Å². The zero-order valence-corrected chi connectivity index (χ0v) is 33.8. The number of aliphatic hydroxyl groups excluding tert-OH is 1. The van der Waals surface area contributed by atoms with Gasteiger partial charge in [-0.25, -0.2) is 14.6 Å². The van der Waals surface area contributed by atoms with Crippen molar-refractivity contribution in [3.8, 4) is 11.3 Å². The average Bonchev–Trinajstić information content (AvgIpc) is 3.55. The Morgan fingerprint density at radius 3 is 2.21 bits per heavy atom. The highest BCUT2D eigenvalue weighted by Crippen LogP contribution is 2.24. The Balaban J connectivity index is 1.41. The largest absolute Gasteiger partial charge is 0.465 e. The molecule has 5 rings (SSSR count). The smallest absolute Gasteiger partial charge is 0.405 e. The van der Waals surface area contributed by atoms with Crippen molar-refractivity contribution in [1.29, 1.82) is 0 Å². The van der Waals surface area contributed by atoms with Crippen molar-refractivity contribution < 1.29 is 29.4 Å². The summed E-state index contributed by atoms with van der Waals surface area (Å²) in [5, 5.41) is 36.4. The third-order valence-electron chi connectivity index (χ3n) is 10.4. The van der Waals surface area contributed by atoms with E-state index in [1.165, 1.54) is 5.01 Å². The van der Waals surface area contributed by atoms with Crippen LogP contribution in [0.1, 0.15) is 57.7 Å². The topological polar surface area (TPSA) is 193 Å². The van der Waals surface area contributed by atoms with Gasteiger partial charge in [0.15, 0.2) is 0 Å². The van der Waals surface area contributed by atoms with Gasteiger partial charge in [-0.1, -0.05) is 102 Å². The molecule has 2 aromatic carbocycles. The lowest BCUT2D eigenvalue weighted by Gasteiger charge is -2.36. The molecule has 5 N–H and O–H groups in total. The summed E-state index contributed by atoms with van der Waals surface area (Å²) >= 11 is 0. The Kier molecular flexibility index (Phi) is 14.9. The van der Waals surface area contributed by atoms with Crippen LogP contribution >= 0.6 is 0 Å². The van der Waals surface area contributed by atoms with E-state index in [0.717, 1.165) is 27.9 Å². The summed E-state index contributed by atoms with van der Waals surface area (Å²) in [5.41, 5.74) is 6.26. The minimum absolute atomic E-state index is 0.139. The Morgan fingerprint density at radius 2 is 1.59 bits per heavy atom. The molecular formula is C43H55N9O6. The van der Waals surface area contributed by atoms with E-state index in [9.17, 15) is 29.4 Å². The number of hydrogen-bond donors (Lipinski definition) is 5. The van der Waals surface area contributed by atoms with Gasteiger partial charge in [0.05, 0.1) is 24.0 Å². The lowest BCUT2D eigenvalue weighted by molar-refractivity contribution is -0.132. The van der Waals surface area contributed by atoms with Crippen LogP contribution in [0.5, 0.6) is 0 Å². The number of pyridine rings is 1. The normalized spacial score (nSPS) is 15.7. The number of nitrogens with zero attached hydrogens (tertiary/aromatic N) is 6. The number of aliphatic hydroxyl groups is 1. The molecule has 0 radical (unpaired) electrons. The molecular weight excluding hydrogens is 739 g/mol. The van der Waals surface area contributed by atoms with Crippen LogP contribution < -0.4 is 16.1 Å². The molecule has 3 heterocycles. The minimum atomic E-state index is -1.35. The average molecular weight is 794 g/mol. The van der Waals surface area contributed by atoms with E-state index in [2.05, 4.69) is 31.2 Å². The van der Waals surface area contributed by atoms with Gasteiger partial charge in [-0.05, 0) is 52.6 Å². The Labute approximate surface area is 339 Å². The molecule has 0 saturated carbocycles. The third-order valence-corrected chi connectivity index (χ3v) is 10.4. The van der Waals surface area contributed by atoms with Crippen LogP contribution in [0.2, 0.25) is 0 Å². The highest BCUT2D eigenvalue weighted by atomic mass is 16.4. The summed E-state index contributed by atoms with van der Waals surface area (Å²) in [4.78, 5) is 61.5. The summed E-state index contributed by atoms with van der Waals surface area (Å²) in [6.07, 6.45) is 3.20. The lowest BCUT2D eigenvalue weighted by Crippen LogP contribution is -2.60. The zero-order chi connectivity index (χ0) is 41.8. The maximum absolute atomic E-state index is 14.4. The summed E-state index contributed by atoms with van der Waals surface area (Å²) in [6.45, 7) is 10.3. The summed E-state index contributed by atoms with van der Waals surface area (Å²) in [6, 6.07) is 21.5. The van der Waals surface area contributed by atoms with Crippen LogP contribution in [0.4, 0.5) is 9.59 Å². The minimum Gasteiger partial charge on any atom is -0.465 e. The van der Waals surface area contributed by atoms with Crippen molar-refractivity contribution in [2.45, 2.75) is 84.8 Å². The van der Waals surface area contributed by atoms with Crippen molar-refractivity contribution >= 4 is 23.9 Å². The highest BCUT2D eigenvalue weighted by Gasteiger charge is 2.41. The number of hydrogen-bond acceptors (Lipinski definition) is 9. The molecule has 0 aliphatic carbocycles. The quantitative estimate of drug-likeness (QED) is 0.0897. The third kappa shape index (κ3) is 11.8. The molecule has 1 aliphatic rings. The van der Waals surface area contributed by atoms with Crippen LogP contribution in [0.15, 0.2) is 97.5 Å². The van der Waals surface area contributed by atoms with Gasteiger partial charge in [-0.15, -0.1) is 0 Å². The van der Waals surface area contributed by atoms with Gasteiger partial charge in [0.1, 0.15) is 12.1 Å². The first-order valence-electron chi connectivity index (χ1n) is 19.6. The van der Waals surface area contributed by atoms with Crippen molar-refractivity contribution in [2.75, 3.05) is 19.6 Å². The highest BCUT2D eigenvalue weighted by molar-refractivity contribution is 5.88. The maximum Gasteiger partial charge on any atom is 0.405 e. The molecule has 1 saturated heterocycles. The number of aromatic nitrogens is 3. The first-order chi connectivity index (χ1) is 27.7. The number of amides is 5. The standard InChI is InChI=1S/C43H55N9O6/c1-6-29(2)37(52-23-22-50(42(52)58)26-32-19-21-45-46-25-32)39(54)47-35(24-30-12-8-7-9-13-30)36(53)28-51(49-40(55)38(43(3,4)5)48-41(56)57)27-31-15-17-33(18-16-31)34-14-10-11-20-44-34/h7-21,25,29,35-38,48,53H,6,22-24,26-28H2,1-5H3,(H,47,54)(H,49,55)(H,56,57)/t29-,35-,36-,37-,38+/m0/s1. The van der Waals surface area contributed by atoms with Gasteiger partial charge in [-0.3, -0.25) is 20.0 Å². The number of carboxylic acid groups (broad SMARTS) is 1. The fraction of sp³-hybridized carbons (Fsp3) is 0.419. The van der Waals surface area contributed by atoms with E-state index in [0.29, 0.717) is 26.1 Å². The number of carbonyl (C=O) groups is 4. The first kappa shape index (κ1) is 43.2. The van der Waals surface area contributed by atoms with Crippen LogP contribution in [0.25, 0.3) is 11.3 Å². The molecule has 15 nitrogen and oxygen atoms in total.